The Morgan fingerprint density at radius 2 is 1.96 bits per heavy atom. The van der Waals surface area contributed by atoms with E-state index in [2.05, 4.69) is 4.98 Å². The summed E-state index contributed by atoms with van der Waals surface area (Å²) in [5.74, 6) is 1.08. The highest BCUT2D eigenvalue weighted by Crippen LogP contribution is 2.41. The minimum atomic E-state index is -0.145. The Kier molecular flexibility index (Phi) is 4.31. The Labute approximate surface area is 163 Å². The van der Waals surface area contributed by atoms with E-state index in [4.69, 9.17) is 17.0 Å². The second-order valence-electron chi connectivity index (χ2n) is 6.78. The van der Waals surface area contributed by atoms with Gasteiger partial charge in [0.15, 0.2) is 16.6 Å². The number of amides is 1. The molecule has 2 aliphatic heterocycles. The highest BCUT2D eigenvalue weighted by molar-refractivity contribution is 7.80. The number of thiocarbonyl (C=S) groups is 1. The third kappa shape index (κ3) is 2.84. The number of aromatic nitrogens is 1. The number of pyridine rings is 1. The maximum atomic E-state index is 13.3. The Morgan fingerprint density at radius 3 is 2.63 bits per heavy atom. The van der Waals surface area contributed by atoms with Gasteiger partial charge in [-0.05, 0) is 49.8 Å². The van der Waals surface area contributed by atoms with Gasteiger partial charge in [-0.3, -0.25) is 14.7 Å². The molecule has 0 atom stereocenters. The molecule has 7 heteroatoms. The lowest BCUT2D eigenvalue weighted by atomic mass is 10.2. The lowest BCUT2D eigenvalue weighted by Gasteiger charge is -2.23. The number of nitrogens with zero attached hydrogens (tertiary/aromatic N) is 4. The van der Waals surface area contributed by atoms with Crippen LogP contribution < -0.4 is 9.64 Å². The van der Waals surface area contributed by atoms with E-state index in [1.165, 1.54) is 0 Å². The molecule has 2 aliphatic rings. The number of carbonyl (C=O) groups excluding carboxylic acids is 1. The molecule has 138 valence electrons. The van der Waals surface area contributed by atoms with E-state index in [1.54, 1.807) is 17.3 Å². The summed E-state index contributed by atoms with van der Waals surface area (Å²) in [4.78, 5) is 22.8. The summed E-state index contributed by atoms with van der Waals surface area (Å²) in [5.41, 5.74) is 2.34. The molecule has 0 aliphatic carbocycles. The SMILES string of the molecule is CC(C)N1C(=O)/C(=C2/Oc3ccccc3N2C)N(Cc2cccnc2)C1=S. The van der Waals surface area contributed by atoms with Crippen LogP contribution in [0.4, 0.5) is 5.69 Å². The number of hydrogen-bond acceptors (Lipinski definition) is 5. The fourth-order valence-corrected chi connectivity index (χ4v) is 3.78. The van der Waals surface area contributed by atoms with Crippen molar-refractivity contribution in [2.75, 3.05) is 11.9 Å². The van der Waals surface area contributed by atoms with Crippen LogP contribution in [0.3, 0.4) is 0 Å². The van der Waals surface area contributed by atoms with E-state index in [1.807, 2.05) is 67.1 Å². The minimum Gasteiger partial charge on any atom is -0.436 e. The van der Waals surface area contributed by atoms with Gasteiger partial charge in [0.25, 0.3) is 5.91 Å². The van der Waals surface area contributed by atoms with Gasteiger partial charge in [-0.1, -0.05) is 18.2 Å². The second-order valence-corrected chi connectivity index (χ2v) is 7.15. The fourth-order valence-electron chi connectivity index (χ4n) is 3.34. The number of carbonyl (C=O) groups is 1. The average Bonchev–Trinajstić information content (AvgIpc) is 3.10. The summed E-state index contributed by atoms with van der Waals surface area (Å²) in [6.07, 6.45) is 3.50. The van der Waals surface area contributed by atoms with Crippen molar-refractivity contribution >= 4 is 28.9 Å². The van der Waals surface area contributed by atoms with E-state index >= 15 is 0 Å². The van der Waals surface area contributed by atoms with Crippen LogP contribution in [0, 0.1) is 0 Å². The van der Waals surface area contributed by atoms with Gasteiger partial charge in [0, 0.05) is 25.5 Å². The molecular formula is C20H20N4O2S. The molecule has 0 unspecified atom stereocenters. The molecule has 0 radical (unpaired) electrons. The van der Waals surface area contributed by atoms with Crippen LogP contribution in [0.5, 0.6) is 5.75 Å². The van der Waals surface area contributed by atoms with Gasteiger partial charge in [0.2, 0.25) is 5.88 Å². The summed E-state index contributed by atoms with van der Waals surface area (Å²) in [5, 5.41) is 0.481. The minimum absolute atomic E-state index is 0.0476. The van der Waals surface area contributed by atoms with Gasteiger partial charge < -0.3 is 14.5 Å². The van der Waals surface area contributed by atoms with E-state index in [0.29, 0.717) is 23.2 Å². The normalized spacial score (nSPS) is 19.2. The first kappa shape index (κ1) is 17.5. The molecule has 4 rings (SSSR count). The van der Waals surface area contributed by atoms with Gasteiger partial charge in [0.05, 0.1) is 12.2 Å². The van der Waals surface area contributed by atoms with Crippen LogP contribution in [0.1, 0.15) is 19.4 Å². The second kappa shape index (κ2) is 6.66. The number of para-hydroxylation sites is 2. The number of anilines is 1. The summed E-state index contributed by atoms with van der Waals surface area (Å²) >= 11 is 5.65. The van der Waals surface area contributed by atoms with Crippen molar-refractivity contribution in [1.82, 2.24) is 14.8 Å². The lowest BCUT2D eigenvalue weighted by molar-refractivity contribution is -0.123. The molecule has 0 N–H and O–H groups in total. The van der Waals surface area contributed by atoms with Crippen molar-refractivity contribution in [3.63, 3.8) is 0 Å². The van der Waals surface area contributed by atoms with E-state index in [0.717, 1.165) is 17.0 Å². The van der Waals surface area contributed by atoms with Crippen molar-refractivity contribution in [2.45, 2.75) is 26.4 Å². The summed E-state index contributed by atoms with van der Waals surface area (Å²) < 4.78 is 6.06. The Hall–Kier alpha value is -2.93. The molecule has 0 bridgehead atoms. The zero-order chi connectivity index (χ0) is 19.1. The Bertz CT molecular complexity index is 942. The zero-order valence-corrected chi connectivity index (χ0v) is 16.2. The van der Waals surface area contributed by atoms with Gasteiger partial charge in [-0.15, -0.1) is 0 Å². The first-order chi connectivity index (χ1) is 13.0. The molecule has 0 spiro atoms. The molecule has 1 fully saturated rings. The summed E-state index contributed by atoms with van der Waals surface area (Å²) in [6, 6.07) is 11.5. The smallest absolute Gasteiger partial charge is 0.282 e. The maximum absolute atomic E-state index is 13.3. The monoisotopic (exact) mass is 380 g/mol. The van der Waals surface area contributed by atoms with Crippen LogP contribution in [0.2, 0.25) is 0 Å². The topological polar surface area (TPSA) is 48.9 Å². The predicted molar refractivity (Wildman–Crippen MR) is 107 cm³/mol. The summed E-state index contributed by atoms with van der Waals surface area (Å²) in [7, 11) is 1.89. The van der Waals surface area contributed by atoms with Crippen LogP contribution in [-0.4, -0.2) is 38.9 Å². The molecule has 1 amide bonds. The number of benzene rings is 1. The molecule has 0 saturated carbocycles. The number of ether oxygens (including phenoxy) is 1. The number of hydrogen-bond donors (Lipinski definition) is 0. The highest BCUT2D eigenvalue weighted by Gasteiger charge is 2.44. The van der Waals surface area contributed by atoms with Crippen molar-refractivity contribution in [1.29, 1.82) is 0 Å². The van der Waals surface area contributed by atoms with Crippen LogP contribution in [-0.2, 0) is 11.3 Å². The van der Waals surface area contributed by atoms with Gasteiger partial charge >= 0.3 is 0 Å². The van der Waals surface area contributed by atoms with Gasteiger partial charge in [-0.25, -0.2) is 0 Å². The van der Waals surface area contributed by atoms with Crippen LogP contribution in [0.15, 0.2) is 60.4 Å². The van der Waals surface area contributed by atoms with Crippen molar-refractivity contribution in [2.24, 2.45) is 0 Å². The molecule has 1 aromatic heterocycles. The largest absolute Gasteiger partial charge is 0.436 e. The van der Waals surface area contributed by atoms with E-state index < -0.39 is 0 Å². The molecular weight excluding hydrogens is 360 g/mol. The van der Waals surface area contributed by atoms with E-state index in [-0.39, 0.29) is 11.9 Å². The zero-order valence-electron chi connectivity index (χ0n) is 15.4. The van der Waals surface area contributed by atoms with Crippen molar-refractivity contribution in [3.8, 4) is 5.75 Å². The van der Waals surface area contributed by atoms with E-state index in [9.17, 15) is 4.79 Å². The quantitative estimate of drug-likeness (QED) is 0.602. The van der Waals surface area contributed by atoms with Gasteiger partial charge in [-0.2, -0.15) is 0 Å². The Morgan fingerprint density at radius 1 is 1.19 bits per heavy atom. The molecule has 2 aromatic rings. The molecule has 27 heavy (non-hydrogen) atoms. The third-order valence-corrected chi connectivity index (χ3v) is 5.07. The lowest BCUT2D eigenvalue weighted by Crippen LogP contribution is -2.37. The predicted octanol–water partition coefficient (Wildman–Crippen LogP) is 3.12. The average molecular weight is 380 g/mol. The van der Waals surface area contributed by atoms with Crippen molar-refractivity contribution in [3.05, 3.63) is 65.9 Å². The first-order valence-corrected chi connectivity index (χ1v) is 9.18. The molecule has 3 heterocycles. The van der Waals surface area contributed by atoms with Gasteiger partial charge in [0.1, 0.15) is 0 Å². The Balaban J connectivity index is 1.81. The molecule has 1 aromatic carbocycles. The fraction of sp³-hybridized carbons (Fsp3) is 0.250. The molecule has 1 saturated heterocycles. The maximum Gasteiger partial charge on any atom is 0.282 e. The van der Waals surface area contributed by atoms with Crippen LogP contribution >= 0.6 is 12.2 Å². The summed E-state index contributed by atoms with van der Waals surface area (Å²) in [6.45, 7) is 4.36. The number of fused-ring (bicyclic) bond motifs is 1. The highest BCUT2D eigenvalue weighted by atomic mass is 32.1. The third-order valence-electron chi connectivity index (χ3n) is 4.65. The molecule has 6 nitrogen and oxygen atoms in total. The standard InChI is InChI=1S/C20H20N4O2S/c1-13(2)24-18(25)17(19-22(3)15-8-4-5-9-16(15)26-19)23(20(24)27)12-14-7-6-10-21-11-14/h4-11,13H,12H2,1-3H3/b19-17-. The van der Waals surface area contributed by atoms with Crippen molar-refractivity contribution < 1.29 is 9.53 Å². The number of rotatable bonds is 3. The van der Waals surface area contributed by atoms with Crippen LogP contribution in [0.25, 0.3) is 0 Å². The first-order valence-electron chi connectivity index (χ1n) is 8.78.